The van der Waals surface area contributed by atoms with Gasteiger partial charge in [0.05, 0.1) is 16.9 Å². The van der Waals surface area contributed by atoms with Crippen LogP contribution in [0.25, 0.3) is 11.4 Å². The Hall–Kier alpha value is -2.84. The first-order valence-corrected chi connectivity index (χ1v) is 12.1. The van der Waals surface area contributed by atoms with E-state index in [0.29, 0.717) is 13.1 Å². The van der Waals surface area contributed by atoms with Crippen molar-refractivity contribution in [2.45, 2.75) is 52.9 Å². The molecule has 3 N–H and O–H groups in total. The van der Waals surface area contributed by atoms with Gasteiger partial charge >= 0.3 is 6.09 Å². The highest BCUT2D eigenvalue weighted by molar-refractivity contribution is 7.10. The molecule has 0 saturated heterocycles. The summed E-state index contributed by atoms with van der Waals surface area (Å²) in [5.74, 6) is 0. The van der Waals surface area contributed by atoms with Crippen molar-refractivity contribution in [2.75, 3.05) is 19.6 Å². The molecule has 0 atom stereocenters. The molecule has 8 heteroatoms. The summed E-state index contributed by atoms with van der Waals surface area (Å²) < 4.78 is 0. The second-order valence-electron chi connectivity index (χ2n) is 9.28. The van der Waals surface area contributed by atoms with Crippen molar-refractivity contribution in [1.82, 2.24) is 25.6 Å². The van der Waals surface area contributed by atoms with Gasteiger partial charge in [-0.05, 0) is 49.1 Å². The van der Waals surface area contributed by atoms with E-state index in [0.717, 1.165) is 41.5 Å². The predicted octanol–water partition coefficient (Wildman–Crippen LogP) is 4.50. The molecular formula is C25H33N5O2S. The molecule has 0 saturated carbocycles. The number of aromatic nitrogens is 3. The van der Waals surface area contributed by atoms with Crippen LogP contribution >= 0.6 is 11.3 Å². The average molecular weight is 468 g/mol. The molecule has 0 bridgehead atoms. The molecule has 0 aliphatic heterocycles. The SMILES string of the molecule is Cc1cc(Cc2nc(-c3cnc(C(C)(C)C)cn3)cs2)c(C)cc1CCNCCNC(=O)O. The van der Waals surface area contributed by atoms with Crippen LogP contribution in [0.1, 0.15) is 53.7 Å². The van der Waals surface area contributed by atoms with Crippen LogP contribution in [0.2, 0.25) is 0 Å². The third-order valence-corrected chi connectivity index (χ3v) is 6.37. The summed E-state index contributed by atoms with van der Waals surface area (Å²) in [4.78, 5) is 24.4. The standard InChI is InChI=1S/C25H33N5O2S/c1-16-11-19(17(2)10-18(16)6-7-26-8-9-27-24(31)32)12-23-30-21(15-33-23)20-13-29-22(14-28-20)25(3,4)5/h10-11,13-15,26-27H,6-9,12H2,1-5H3,(H,31,32). The first kappa shape index (κ1) is 24.8. The molecule has 0 radical (unpaired) electrons. The highest BCUT2D eigenvalue weighted by atomic mass is 32.1. The van der Waals surface area contributed by atoms with Crippen LogP contribution in [0.5, 0.6) is 0 Å². The third kappa shape index (κ3) is 7.07. The van der Waals surface area contributed by atoms with E-state index in [1.165, 1.54) is 22.3 Å². The van der Waals surface area contributed by atoms with Crippen molar-refractivity contribution < 1.29 is 9.90 Å². The molecule has 0 aliphatic carbocycles. The van der Waals surface area contributed by atoms with Crippen LogP contribution in [0.4, 0.5) is 4.79 Å². The number of aryl methyl sites for hydroxylation is 2. The summed E-state index contributed by atoms with van der Waals surface area (Å²) in [7, 11) is 0. The fraction of sp³-hybridized carbons (Fsp3) is 0.440. The number of nitrogens with one attached hydrogen (secondary N) is 2. The van der Waals surface area contributed by atoms with Crippen LogP contribution in [0.15, 0.2) is 29.9 Å². The molecule has 0 aliphatic rings. The van der Waals surface area contributed by atoms with Crippen molar-refractivity contribution in [3.05, 3.63) is 62.9 Å². The number of benzene rings is 1. The van der Waals surface area contributed by atoms with Gasteiger partial charge < -0.3 is 15.7 Å². The van der Waals surface area contributed by atoms with Crippen LogP contribution in [-0.4, -0.2) is 45.8 Å². The molecule has 2 aromatic heterocycles. The number of carbonyl (C=O) groups is 1. The lowest BCUT2D eigenvalue weighted by molar-refractivity contribution is 0.194. The molecule has 0 unspecified atom stereocenters. The maximum atomic E-state index is 10.5. The largest absolute Gasteiger partial charge is 0.465 e. The first-order chi connectivity index (χ1) is 15.6. The van der Waals surface area contributed by atoms with E-state index in [2.05, 4.69) is 72.7 Å². The minimum Gasteiger partial charge on any atom is -0.465 e. The summed E-state index contributed by atoms with van der Waals surface area (Å²) in [5, 5.41) is 17.3. The Labute approximate surface area is 199 Å². The first-order valence-electron chi connectivity index (χ1n) is 11.2. The van der Waals surface area contributed by atoms with Crippen LogP contribution in [0.3, 0.4) is 0 Å². The molecule has 2 heterocycles. The van der Waals surface area contributed by atoms with Crippen LogP contribution in [0, 0.1) is 13.8 Å². The summed E-state index contributed by atoms with van der Waals surface area (Å²) in [5.41, 5.74) is 7.75. The molecule has 7 nitrogen and oxygen atoms in total. The van der Waals surface area contributed by atoms with Gasteiger partial charge in [0.15, 0.2) is 0 Å². The number of hydrogen-bond donors (Lipinski definition) is 3. The van der Waals surface area contributed by atoms with E-state index >= 15 is 0 Å². The summed E-state index contributed by atoms with van der Waals surface area (Å²) in [6.07, 6.45) is 4.38. The fourth-order valence-electron chi connectivity index (χ4n) is 3.52. The lowest BCUT2D eigenvalue weighted by Gasteiger charge is -2.16. The van der Waals surface area contributed by atoms with Gasteiger partial charge in [0, 0.05) is 36.5 Å². The Bertz CT molecular complexity index is 1090. The maximum Gasteiger partial charge on any atom is 0.404 e. The van der Waals surface area contributed by atoms with Gasteiger partial charge in [0.1, 0.15) is 11.4 Å². The second-order valence-corrected chi connectivity index (χ2v) is 10.2. The van der Waals surface area contributed by atoms with Crippen molar-refractivity contribution >= 4 is 17.4 Å². The van der Waals surface area contributed by atoms with Crippen molar-refractivity contribution in [3.8, 4) is 11.4 Å². The lowest BCUT2D eigenvalue weighted by atomic mass is 9.93. The number of nitrogens with zero attached hydrogens (tertiary/aromatic N) is 3. The summed E-state index contributed by atoms with van der Waals surface area (Å²) >= 11 is 1.65. The van der Waals surface area contributed by atoms with Gasteiger partial charge in [-0.15, -0.1) is 11.3 Å². The predicted molar refractivity (Wildman–Crippen MR) is 133 cm³/mol. The monoisotopic (exact) mass is 467 g/mol. The topological polar surface area (TPSA) is 100 Å². The molecule has 3 rings (SSSR count). The summed E-state index contributed by atoms with van der Waals surface area (Å²) in [6, 6.07) is 4.52. The highest BCUT2D eigenvalue weighted by Gasteiger charge is 2.16. The van der Waals surface area contributed by atoms with E-state index in [1.807, 2.05) is 12.4 Å². The van der Waals surface area contributed by atoms with E-state index in [9.17, 15) is 4.79 Å². The number of hydrogen-bond acceptors (Lipinski definition) is 6. The van der Waals surface area contributed by atoms with E-state index < -0.39 is 6.09 Å². The zero-order chi connectivity index (χ0) is 24.0. The lowest BCUT2D eigenvalue weighted by Crippen LogP contribution is -2.31. The zero-order valence-corrected chi connectivity index (χ0v) is 20.8. The highest BCUT2D eigenvalue weighted by Crippen LogP contribution is 2.26. The summed E-state index contributed by atoms with van der Waals surface area (Å²) in [6.45, 7) is 12.5. The second kappa shape index (κ2) is 10.9. The fourth-order valence-corrected chi connectivity index (χ4v) is 4.33. The smallest absolute Gasteiger partial charge is 0.404 e. The van der Waals surface area contributed by atoms with Crippen LogP contribution < -0.4 is 10.6 Å². The number of thiazole rings is 1. The normalized spacial score (nSPS) is 11.5. The minimum absolute atomic E-state index is 0.0199. The van der Waals surface area contributed by atoms with E-state index in [1.54, 1.807) is 11.3 Å². The molecule has 1 amide bonds. The maximum absolute atomic E-state index is 10.5. The Morgan fingerprint density at radius 2 is 1.73 bits per heavy atom. The zero-order valence-electron chi connectivity index (χ0n) is 20.0. The number of rotatable bonds is 9. The van der Waals surface area contributed by atoms with Crippen molar-refractivity contribution in [3.63, 3.8) is 0 Å². The van der Waals surface area contributed by atoms with E-state index in [4.69, 9.17) is 10.1 Å². The Kier molecular flexibility index (Phi) is 8.15. The molecule has 3 aromatic rings. The molecule has 0 spiro atoms. The van der Waals surface area contributed by atoms with Crippen molar-refractivity contribution in [1.29, 1.82) is 0 Å². The minimum atomic E-state index is -0.988. The quantitative estimate of drug-likeness (QED) is 0.401. The van der Waals surface area contributed by atoms with Gasteiger partial charge in [-0.3, -0.25) is 9.97 Å². The Morgan fingerprint density at radius 3 is 2.39 bits per heavy atom. The third-order valence-electron chi connectivity index (χ3n) is 5.52. The Morgan fingerprint density at radius 1 is 1.00 bits per heavy atom. The van der Waals surface area contributed by atoms with Gasteiger partial charge in [-0.2, -0.15) is 0 Å². The Balaban J connectivity index is 1.60. The molecule has 0 fully saturated rings. The van der Waals surface area contributed by atoms with Gasteiger partial charge in [-0.25, -0.2) is 9.78 Å². The molecule has 176 valence electrons. The molecule has 1 aromatic carbocycles. The molecule has 33 heavy (non-hydrogen) atoms. The average Bonchev–Trinajstić information content (AvgIpc) is 3.21. The van der Waals surface area contributed by atoms with Gasteiger partial charge in [0.2, 0.25) is 0 Å². The van der Waals surface area contributed by atoms with Crippen molar-refractivity contribution in [2.24, 2.45) is 0 Å². The molecular weight excluding hydrogens is 434 g/mol. The van der Waals surface area contributed by atoms with Crippen LogP contribution in [-0.2, 0) is 18.3 Å². The van der Waals surface area contributed by atoms with E-state index in [-0.39, 0.29) is 5.41 Å². The van der Waals surface area contributed by atoms with Gasteiger partial charge in [0.25, 0.3) is 0 Å². The number of carboxylic acid groups (broad SMARTS) is 1. The number of amides is 1. The van der Waals surface area contributed by atoms with Gasteiger partial charge in [-0.1, -0.05) is 32.9 Å².